The van der Waals surface area contributed by atoms with Crippen LogP contribution in [0.25, 0.3) is 0 Å². The van der Waals surface area contributed by atoms with Gasteiger partial charge in [0.15, 0.2) is 0 Å². The quantitative estimate of drug-likeness (QED) is 0.912. The normalized spacial score (nSPS) is 18.7. The molecule has 128 valence electrons. The first-order valence-electron chi connectivity index (χ1n) is 7.92. The van der Waals surface area contributed by atoms with Gasteiger partial charge >= 0.3 is 6.09 Å². The second-order valence-corrected chi connectivity index (χ2v) is 6.91. The Balaban J connectivity index is 1.90. The summed E-state index contributed by atoms with van der Waals surface area (Å²) in [5.74, 6) is -1.08. The summed E-state index contributed by atoms with van der Waals surface area (Å²) in [6, 6.07) is 3.78. The van der Waals surface area contributed by atoms with Crippen molar-refractivity contribution in [3.8, 4) is 0 Å². The average Bonchev–Trinajstić information content (AvgIpc) is 2.45. The Morgan fingerprint density at radius 1 is 1.35 bits per heavy atom. The molecule has 1 fully saturated rings. The van der Waals surface area contributed by atoms with Gasteiger partial charge in [0.2, 0.25) is 0 Å². The number of benzene rings is 1. The first kappa shape index (κ1) is 17.5. The molecule has 1 N–H and O–H groups in total. The molecular formula is C17H24F2N2O2. The number of halogens is 2. The van der Waals surface area contributed by atoms with E-state index >= 15 is 0 Å². The van der Waals surface area contributed by atoms with E-state index in [4.69, 9.17) is 4.74 Å². The highest BCUT2D eigenvalue weighted by Gasteiger charge is 2.27. The summed E-state index contributed by atoms with van der Waals surface area (Å²) < 4.78 is 32.6. The zero-order valence-corrected chi connectivity index (χ0v) is 13.9. The monoisotopic (exact) mass is 326 g/mol. The lowest BCUT2D eigenvalue weighted by Gasteiger charge is -2.34. The molecule has 23 heavy (non-hydrogen) atoms. The van der Waals surface area contributed by atoms with Gasteiger partial charge in [0.05, 0.1) is 0 Å². The van der Waals surface area contributed by atoms with Crippen molar-refractivity contribution in [1.82, 2.24) is 4.90 Å². The third-order valence-corrected chi connectivity index (χ3v) is 3.70. The van der Waals surface area contributed by atoms with Crippen molar-refractivity contribution in [3.63, 3.8) is 0 Å². The third-order valence-electron chi connectivity index (χ3n) is 3.70. The van der Waals surface area contributed by atoms with Crippen molar-refractivity contribution in [1.29, 1.82) is 0 Å². The van der Waals surface area contributed by atoms with Crippen molar-refractivity contribution in [2.24, 2.45) is 5.92 Å². The number of ether oxygens (including phenoxy) is 1. The fourth-order valence-corrected chi connectivity index (χ4v) is 2.64. The largest absolute Gasteiger partial charge is 0.444 e. The molecule has 1 saturated heterocycles. The molecule has 1 aliphatic rings. The molecule has 0 aromatic heterocycles. The number of anilines is 1. The topological polar surface area (TPSA) is 41.6 Å². The standard InChI is InChI=1S/C17H24F2N2O2/c1-17(2,3)23-16(22)21-9-5-6-12(11-21)10-20-15-13(18)7-4-8-14(15)19/h4,7-8,12,20H,5-6,9-11H2,1-3H3. The number of hydrogen-bond acceptors (Lipinski definition) is 3. The van der Waals surface area contributed by atoms with Crippen LogP contribution in [0.3, 0.4) is 0 Å². The lowest BCUT2D eigenvalue weighted by molar-refractivity contribution is 0.0172. The number of carbonyl (C=O) groups excluding carboxylic acids is 1. The van der Waals surface area contributed by atoms with E-state index in [0.717, 1.165) is 12.8 Å². The number of carbonyl (C=O) groups is 1. The van der Waals surface area contributed by atoms with E-state index in [2.05, 4.69) is 5.32 Å². The van der Waals surface area contributed by atoms with E-state index < -0.39 is 17.2 Å². The van der Waals surface area contributed by atoms with Crippen LogP contribution in [0.1, 0.15) is 33.6 Å². The first-order valence-corrected chi connectivity index (χ1v) is 7.92. The van der Waals surface area contributed by atoms with Gasteiger partial charge in [0, 0.05) is 19.6 Å². The van der Waals surface area contributed by atoms with Crippen LogP contribution in [0.5, 0.6) is 0 Å². The number of piperidine rings is 1. The lowest BCUT2D eigenvalue weighted by atomic mass is 9.98. The van der Waals surface area contributed by atoms with Crippen molar-refractivity contribution in [3.05, 3.63) is 29.8 Å². The third kappa shape index (κ3) is 5.08. The number of para-hydroxylation sites is 1. The maximum absolute atomic E-state index is 13.6. The molecule has 1 aliphatic heterocycles. The molecule has 1 aromatic rings. The highest BCUT2D eigenvalue weighted by molar-refractivity contribution is 5.68. The van der Waals surface area contributed by atoms with Crippen molar-refractivity contribution < 1.29 is 18.3 Å². The minimum Gasteiger partial charge on any atom is -0.444 e. The molecule has 0 bridgehead atoms. The molecule has 1 heterocycles. The van der Waals surface area contributed by atoms with Gasteiger partial charge in [-0.2, -0.15) is 0 Å². The fraction of sp³-hybridized carbons (Fsp3) is 0.588. The summed E-state index contributed by atoms with van der Waals surface area (Å²) in [6.07, 6.45) is 1.42. The van der Waals surface area contributed by atoms with Gasteiger partial charge in [-0.15, -0.1) is 0 Å². The summed E-state index contributed by atoms with van der Waals surface area (Å²) in [6.45, 7) is 7.08. The van der Waals surface area contributed by atoms with Gasteiger partial charge in [0.1, 0.15) is 22.9 Å². The number of nitrogens with one attached hydrogen (secondary N) is 1. The molecular weight excluding hydrogens is 302 g/mol. The maximum Gasteiger partial charge on any atom is 0.410 e. The smallest absolute Gasteiger partial charge is 0.410 e. The van der Waals surface area contributed by atoms with Crippen LogP contribution in [0.15, 0.2) is 18.2 Å². The molecule has 0 aliphatic carbocycles. The Labute approximate surface area is 135 Å². The van der Waals surface area contributed by atoms with E-state index in [1.165, 1.54) is 18.2 Å². The summed E-state index contributed by atoms with van der Waals surface area (Å²) >= 11 is 0. The molecule has 1 aromatic carbocycles. The average molecular weight is 326 g/mol. The van der Waals surface area contributed by atoms with Gasteiger partial charge in [0.25, 0.3) is 0 Å². The number of hydrogen-bond donors (Lipinski definition) is 1. The zero-order valence-electron chi connectivity index (χ0n) is 13.9. The number of rotatable bonds is 3. The van der Waals surface area contributed by atoms with E-state index in [1.54, 1.807) is 4.90 Å². The van der Waals surface area contributed by atoms with E-state index in [9.17, 15) is 13.6 Å². The molecule has 1 atom stereocenters. The second kappa shape index (κ2) is 7.15. The van der Waals surface area contributed by atoms with Crippen LogP contribution in [0.4, 0.5) is 19.3 Å². The lowest BCUT2D eigenvalue weighted by Crippen LogP contribution is -2.44. The maximum atomic E-state index is 13.6. The first-order chi connectivity index (χ1) is 10.8. The van der Waals surface area contributed by atoms with Gasteiger partial charge in [-0.1, -0.05) is 6.07 Å². The van der Waals surface area contributed by atoms with E-state index in [-0.39, 0.29) is 17.7 Å². The Morgan fingerprint density at radius 2 is 2.00 bits per heavy atom. The summed E-state index contributed by atoms with van der Waals surface area (Å²) in [7, 11) is 0. The van der Waals surface area contributed by atoms with Gasteiger partial charge < -0.3 is 15.0 Å². The van der Waals surface area contributed by atoms with Crippen molar-refractivity contribution in [2.75, 3.05) is 25.0 Å². The molecule has 6 heteroatoms. The summed E-state index contributed by atoms with van der Waals surface area (Å²) in [5.41, 5.74) is -0.639. The molecule has 1 unspecified atom stereocenters. The van der Waals surface area contributed by atoms with Crippen LogP contribution in [-0.4, -0.2) is 36.2 Å². The summed E-state index contributed by atoms with van der Waals surface area (Å²) in [5, 5.41) is 2.83. The summed E-state index contributed by atoms with van der Waals surface area (Å²) in [4.78, 5) is 13.8. The molecule has 4 nitrogen and oxygen atoms in total. The Hall–Kier alpha value is -1.85. The Kier molecular flexibility index (Phi) is 5.44. The van der Waals surface area contributed by atoms with Crippen LogP contribution in [0, 0.1) is 17.6 Å². The van der Waals surface area contributed by atoms with Crippen molar-refractivity contribution >= 4 is 11.8 Å². The highest BCUT2D eigenvalue weighted by Crippen LogP contribution is 2.22. The van der Waals surface area contributed by atoms with E-state index in [1.807, 2.05) is 20.8 Å². The van der Waals surface area contributed by atoms with Crippen LogP contribution < -0.4 is 5.32 Å². The van der Waals surface area contributed by atoms with Gasteiger partial charge in [-0.05, 0) is 51.7 Å². The van der Waals surface area contributed by atoms with Crippen LogP contribution in [-0.2, 0) is 4.74 Å². The fourth-order valence-electron chi connectivity index (χ4n) is 2.64. The molecule has 0 saturated carbocycles. The molecule has 2 rings (SSSR count). The predicted octanol–water partition coefficient (Wildman–Crippen LogP) is 4.02. The Bertz CT molecular complexity index is 538. The second-order valence-electron chi connectivity index (χ2n) is 6.91. The van der Waals surface area contributed by atoms with Crippen LogP contribution >= 0.6 is 0 Å². The predicted molar refractivity (Wildman–Crippen MR) is 85.4 cm³/mol. The minimum absolute atomic E-state index is 0.109. The number of nitrogens with zero attached hydrogens (tertiary/aromatic N) is 1. The number of likely N-dealkylation sites (tertiary alicyclic amines) is 1. The van der Waals surface area contributed by atoms with Crippen LogP contribution in [0.2, 0.25) is 0 Å². The molecule has 0 radical (unpaired) electrons. The highest BCUT2D eigenvalue weighted by atomic mass is 19.1. The number of amides is 1. The Morgan fingerprint density at radius 3 is 2.61 bits per heavy atom. The van der Waals surface area contributed by atoms with Gasteiger partial charge in [-0.3, -0.25) is 0 Å². The SMILES string of the molecule is CC(C)(C)OC(=O)N1CCCC(CNc2c(F)cccc2F)C1. The van der Waals surface area contributed by atoms with E-state index in [0.29, 0.717) is 19.6 Å². The zero-order chi connectivity index (χ0) is 17.0. The van der Waals surface area contributed by atoms with Gasteiger partial charge in [-0.25, -0.2) is 13.6 Å². The van der Waals surface area contributed by atoms with Crippen molar-refractivity contribution in [2.45, 2.75) is 39.2 Å². The molecule has 0 spiro atoms. The minimum atomic E-state index is -0.607. The molecule has 1 amide bonds.